The molecule has 0 saturated carbocycles. The number of carbonyl (C=O) groups is 1. The van der Waals surface area contributed by atoms with E-state index < -0.39 is 11.8 Å². The van der Waals surface area contributed by atoms with Crippen molar-refractivity contribution in [2.45, 2.75) is 45.0 Å². The highest BCUT2D eigenvalue weighted by atomic mass is 19.1. The Balaban J connectivity index is 2.34. The van der Waals surface area contributed by atoms with Crippen molar-refractivity contribution in [2.24, 2.45) is 0 Å². The average Bonchev–Trinajstić information content (AvgIpc) is 2.48. The molecule has 2 atom stereocenters. The maximum Gasteiger partial charge on any atom is 0.410 e. The van der Waals surface area contributed by atoms with Gasteiger partial charge in [0.1, 0.15) is 11.8 Å². The molecule has 1 N–H and O–H groups in total. The fraction of sp³-hybridized carbons (Fsp3) is 0.909. The van der Waals surface area contributed by atoms with E-state index in [0.29, 0.717) is 19.5 Å². The van der Waals surface area contributed by atoms with Crippen LogP contribution in [0.25, 0.3) is 0 Å². The lowest BCUT2D eigenvalue weighted by Gasteiger charge is -2.26. The summed E-state index contributed by atoms with van der Waals surface area (Å²) in [5, 5.41) is 3.03. The van der Waals surface area contributed by atoms with Crippen molar-refractivity contribution in [3.63, 3.8) is 0 Å². The number of hydrogen-bond donors (Lipinski definition) is 1. The van der Waals surface area contributed by atoms with Crippen LogP contribution in [0.4, 0.5) is 9.18 Å². The largest absolute Gasteiger partial charge is 0.444 e. The molecule has 0 aromatic carbocycles. The van der Waals surface area contributed by atoms with Crippen molar-refractivity contribution in [3.05, 3.63) is 0 Å². The lowest BCUT2D eigenvalue weighted by Crippen LogP contribution is -2.41. The van der Waals surface area contributed by atoms with E-state index in [9.17, 15) is 9.18 Å². The Bertz CT molecular complexity index is 253. The van der Waals surface area contributed by atoms with Gasteiger partial charge in [-0.15, -0.1) is 0 Å². The van der Waals surface area contributed by atoms with Crippen LogP contribution in [0.1, 0.15) is 27.2 Å². The summed E-state index contributed by atoms with van der Waals surface area (Å²) < 4.78 is 18.1. The Kier molecular flexibility index (Phi) is 4.13. The van der Waals surface area contributed by atoms with Crippen LogP contribution in [-0.2, 0) is 4.74 Å². The van der Waals surface area contributed by atoms with Crippen LogP contribution in [0.2, 0.25) is 0 Å². The van der Waals surface area contributed by atoms with Crippen molar-refractivity contribution in [2.75, 3.05) is 20.1 Å². The SMILES string of the molecule is CN(C[C@@H]1C[C@H](F)CN1)C(=O)OC(C)(C)C. The Hall–Kier alpha value is -0.840. The molecule has 0 unspecified atom stereocenters. The first-order chi connectivity index (χ1) is 7.28. The summed E-state index contributed by atoms with van der Waals surface area (Å²) >= 11 is 0. The number of amides is 1. The van der Waals surface area contributed by atoms with Gasteiger partial charge in [-0.2, -0.15) is 0 Å². The summed E-state index contributed by atoms with van der Waals surface area (Å²) in [6, 6.07) is 0.0347. The molecule has 4 nitrogen and oxygen atoms in total. The quantitative estimate of drug-likeness (QED) is 0.785. The van der Waals surface area contributed by atoms with E-state index in [1.165, 1.54) is 4.90 Å². The molecule has 94 valence electrons. The van der Waals surface area contributed by atoms with Crippen LogP contribution in [0.5, 0.6) is 0 Å². The predicted molar refractivity (Wildman–Crippen MR) is 60.2 cm³/mol. The van der Waals surface area contributed by atoms with E-state index >= 15 is 0 Å². The van der Waals surface area contributed by atoms with Gasteiger partial charge >= 0.3 is 6.09 Å². The number of nitrogens with one attached hydrogen (secondary N) is 1. The maximum absolute atomic E-state index is 12.9. The minimum atomic E-state index is -0.794. The van der Waals surface area contributed by atoms with Gasteiger partial charge in [-0.1, -0.05) is 0 Å². The zero-order valence-electron chi connectivity index (χ0n) is 10.4. The number of hydrogen-bond acceptors (Lipinski definition) is 3. The molecule has 0 aromatic rings. The van der Waals surface area contributed by atoms with Crippen LogP contribution in [0.15, 0.2) is 0 Å². The second kappa shape index (κ2) is 4.99. The third-order valence-corrected chi connectivity index (χ3v) is 2.37. The molecule has 1 amide bonds. The Labute approximate surface area is 96.1 Å². The topological polar surface area (TPSA) is 41.6 Å². The zero-order chi connectivity index (χ0) is 12.3. The Morgan fingerprint density at radius 2 is 2.19 bits per heavy atom. The van der Waals surface area contributed by atoms with Crippen molar-refractivity contribution < 1.29 is 13.9 Å². The zero-order valence-corrected chi connectivity index (χ0v) is 10.4. The number of carbonyl (C=O) groups excluding carboxylic acids is 1. The molecule has 0 aliphatic carbocycles. The highest BCUT2D eigenvalue weighted by molar-refractivity contribution is 5.67. The molecule has 16 heavy (non-hydrogen) atoms. The lowest BCUT2D eigenvalue weighted by atomic mass is 10.2. The van der Waals surface area contributed by atoms with E-state index in [0.717, 1.165) is 0 Å². The van der Waals surface area contributed by atoms with Crippen LogP contribution >= 0.6 is 0 Å². The van der Waals surface area contributed by atoms with Gasteiger partial charge in [0.15, 0.2) is 0 Å². The molecular formula is C11H21FN2O2. The second-order valence-electron chi connectivity index (χ2n) is 5.30. The van der Waals surface area contributed by atoms with E-state index in [-0.39, 0.29) is 12.1 Å². The van der Waals surface area contributed by atoms with Gasteiger partial charge in [0.25, 0.3) is 0 Å². The van der Waals surface area contributed by atoms with Gasteiger partial charge in [0, 0.05) is 26.2 Å². The molecule has 0 radical (unpaired) electrons. The Morgan fingerprint density at radius 1 is 1.56 bits per heavy atom. The summed E-state index contributed by atoms with van der Waals surface area (Å²) in [7, 11) is 1.67. The molecule has 0 bridgehead atoms. The molecule has 1 aliphatic heterocycles. The first kappa shape index (κ1) is 13.2. The minimum absolute atomic E-state index is 0.0347. The first-order valence-corrected chi connectivity index (χ1v) is 5.59. The number of halogens is 1. The molecule has 1 fully saturated rings. The molecular weight excluding hydrogens is 211 g/mol. The smallest absolute Gasteiger partial charge is 0.410 e. The number of nitrogens with zero attached hydrogens (tertiary/aromatic N) is 1. The molecule has 1 heterocycles. The summed E-state index contributed by atoms with van der Waals surface area (Å²) in [6.07, 6.45) is -0.693. The third kappa shape index (κ3) is 4.35. The predicted octanol–water partition coefficient (Wildman–Crippen LogP) is 1.55. The summed E-state index contributed by atoms with van der Waals surface area (Å²) in [5.41, 5.74) is -0.489. The van der Waals surface area contributed by atoms with Crippen LogP contribution in [-0.4, -0.2) is 48.9 Å². The summed E-state index contributed by atoms with van der Waals surface area (Å²) in [6.45, 7) is 6.33. The molecule has 0 aromatic heterocycles. The molecule has 0 spiro atoms. The summed E-state index contributed by atoms with van der Waals surface area (Å²) in [5.74, 6) is 0. The normalized spacial score (nSPS) is 25.6. The lowest BCUT2D eigenvalue weighted by molar-refractivity contribution is 0.0285. The highest BCUT2D eigenvalue weighted by Crippen LogP contribution is 2.13. The standard InChI is InChI=1S/C11H21FN2O2/c1-11(2,3)16-10(15)14(4)7-9-5-8(12)6-13-9/h8-9,13H,5-7H2,1-4H3/t8-,9-/m0/s1. The minimum Gasteiger partial charge on any atom is -0.444 e. The average molecular weight is 232 g/mol. The second-order valence-corrected chi connectivity index (χ2v) is 5.30. The van der Waals surface area contributed by atoms with Crippen LogP contribution in [0.3, 0.4) is 0 Å². The fourth-order valence-corrected chi connectivity index (χ4v) is 1.65. The van der Waals surface area contributed by atoms with Gasteiger partial charge in [0.2, 0.25) is 0 Å². The van der Waals surface area contributed by atoms with E-state index in [2.05, 4.69) is 5.32 Å². The molecule has 1 saturated heterocycles. The van der Waals surface area contributed by atoms with Gasteiger partial charge in [0.05, 0.1) is 0 Å². The van der Waals surface area contributed by atoms with E-state index in [1.807, 2.05) is 20.8 Å². The third-order valence-electron chi connectivity index (χ3n) is 2.37. The first-order valence-electron chi connectivity index (χ1n) is 5.59. The van der Waals surface area contributed by atoms with Gasteiger partial charge in [-0.25, -0.2) is 9.18 Å². The van der Waals surface area contributed by atoms with Gasteiger partial charge < -0.3 is 15.0 Å². The summed E-state index contributed by atoms with van der Waals surface area (Å²) in [4.78, 5) is 13.1. The Morgan fingerprint density at radius 3 is 2.62 bits per heavy atom. The molecule has 5 heteroatoms. The maximum atomic E-state index is 12.9. The van der Waals surface area contributed by atoms with Crippen LogP contribution in [0, 0.1) is 0 Å². The van der Waals surface area contributed by atoms with Gasteiger partial charge in [-0.05, 0) is 27.2 Å². The van der Waals surface area contributed by atoms with Crippen molar-refractivity contribution in [1.29, 1.82) is 0 Å². The number of likely N-dealkylation sites (N-methyl/N-ethyl adjacent to an activating group) is 1. The van der Waals surface area contributed by atoms with Crippen molar-refractivity contribution in [1.82, 2.24) is 10.2 Å². The molecule has 1 aliphatic rings. The fourth-order valence-electron chi connectivity index (χ4n) is 1.65. The number of alkyl halides is 1. The monoisotopic (exact) mass is 232 g/mol. The number of ether oxygens (including phenoxy) is 1. The van der Waals surface area contributed by atoms with Crippen molar-refractivity contribution in [3.8, 4) is 0 Å². The van der Waals surface area contributed by atoms with Crippen LogP contribution < -0.4 is 5.32 Å². The van der Waals surface area contributed by atoms with E-state index in [4.69, 9.17) is 4.74 Å². The van der Waals surface area contributed by atoms with Gasteiger partial charge in [-0.3, -0.25) is 0 Å². The highest BCUT2D eigenvalue weighted by Gasteiger charge is 2.27. The van der Waals surface area contributed by atoms with Crippen molar-refractivity contribution >= 4 is 6.09 Å². The van der Waals surface area contributed by atoms with E-state index in [1.54, 1.807) is 7.05 Å². The number of rotatable bonds is 2. The molecule has 1 rings (SSSR count).